The fourth-order valence-corrected chi connectivity index (χ4v) is 3.63. The predicted octanol–water partition coefficient (Wildman–Crippen LogP) is 4.06. The normalized spacial score (nSPS) is 10.6. The highest BCUT2D eigenvalue weighted by molar-refractivity contribution is 7.14. The minimum Gasteiger partial charge on any atom is -0.493 e. The molecule has 0 bridgehead atoms. The van der Waals surface area contributed by atoms with E-state index in [2.05, 4.69) is 15.3 Å². The van der Waals surface area contributed by atoms with Gasteiger partial charge in [0.1, 0.15) is 16.5 Å². The van der Waals surface area contributed by atoms with Gasteiger partial charge in [0.2, 0.25) is 0 Å². The molecule has 0 saturated heterocycles. The molecule has 25 heavy (non-hydrogen) atoms. The number of thiazole rings is 2. The molecule has 0 aliphatic heterocycles. The molecule has 1 amide bonds. The molecule has 1 N–H and O–H groups in total. The summed E-state index contributed by atoms with van der Waals surface area (Å²) in [6, 6.07) is 7.71. The largest absolute Gasteiger partial charge is 0.493 e. The van der Waals surface area contributed by atoms with Crippen molar-refractivity contribution in [3.63, 3.8) is 0 Å². The molecule has 0 spiro atoms. The van der Waals surface area contributed by atoms with E-state index in [0.29, 0.717) is 24.0 Å². The number of carbonyl (C=O) groups excluding carboxylic acids is 1. The van der Waals surface area contributed by atoms with Crippen molar-refractivity contribution in [3.8, 4) is 17.0 Å². The number of amides is 1. The zero-order valence-corrected chi connectivity index (χ0v) is 15.4. The van der Waals surface area contributed by atoms with Crippen LogP contribution in [-0.2, 0) is 11.3 Å². The molecule has 130 valence electrons. The van der Waals surface area contributed by atoms with Crippen LogP contribution in [0.1, 0.15) is 22.4 Å². The third-order valence-corrected chi connectivity index (χ3v) is 4.82. The van der Waals surface area contributed by atoms with E-state index < -0.39 is 0 Å². The van der Waals surface area contributed by atoms with Crippen molar-refractivity contribution in [2.75, 3.05) is 19.0 Å². The van der Waals surface area contributed by atoms with E-state index in [1.54, 1.807) is 12.5 Å². The Morgan fingerprint density at radius 2 is 2.04 bits per heavy atom. The van der Waals surface area contributed by atoms with E-state index >= 15 is 0 Å². The van der Waals surface area contributed by atoms with Crippen LogP contribution in [0, 0.1) is 0 Å². The summed E-state index contributed by atoms with van der Waals surface area (Å²) < 4.78 is 10.7. The van der Waals surface area contributed by atoms with Gasteiger partial charge in [0.25, 0.3) is 5.91 Å². The quantitative estimate of drug-likeness (QED) is 0.674. The van der Waals surface area contributed by atoms with Gasteiger partial charge in [-0.3, -0.25) is 10.1 Å². The number of para-hydroxylation sites is 1. The summed E-state index contributed by atoms with van der Waals surface area (Å²) in [6.45, 7) is 2.92. The highest BCUT2D eigenvalue weighted by atomic mass is 32.1. The summed E-state index contributed by atoms with van der Waals surface area (Å²) in [5.41, 5.74) is 2.03. The van der Waals surface area contributed by atoms with E-state index in [1.807, 2.05) is 36.6 Å². The van der Waals surface area contributed by atoms with Crippen molar-refractivity contribution in [3.05, 3.63) is 45.7 Å². The molecular formula is C17H17N3O3S2. The van der Waals surface area contributed by atoms with Gasteiger partial charge in [-0.2, -0.15) is 0 Å². The summed E-state index contributed by atoms with van der Waals surface area (Å²) in [5, 5.41) is 7.67. The maximum absolute atomic E-state index is 12.3. The van der Waals surface area contributed by atoms with Crippen LogP contribution in [0.3, 0.4) is 0 Å². The number of benzene rings is 1. The van der Waals surface area contributed by atoms with Gasteiger partial charge in [-0.05, 0) is 19.1 Å². The standard InChI is InChI=1S/C17H17N3O3S2/c1-3-23-14-7-5-4-6-11(14)12-9-25-17(19-12)20-16(21)13-10-24-15(18-13)8-22-2/h4-7,9-10H,3,8H2,1-2H3,(H,19,20,21). The molecule has 0 radical (unpaired) electrons. The van der Waals surface area contributed by atoms with Crippen LogP contribution in [0.25, 0.3) is 11.3 Å². The van der Waals surface area contributed by atoms with E-state index in [1.165, 1.54) is 22.7 Å². The first kappa shape index (κ1) is 17.5. The molecule has 3 rings (SSSR count). The highest BCUT2D eigenvalue weighted by Crippen LogP contribution is 2.32. The summed E-state index contributed by atoms with van der Waals surface area (Å²) >= 11 is 2.76. The molecule has 0 saturated carbocycles. The Labute approximate surface area is 153 Å². The van der Waals surface area contributed by atoms with Gasteiger partial charge >= 0.3 is 0 Å². The van der Waals surface area contributed by atoms with Crippen LogP contribution < -0.4 is 10.1 Å². The van der Waals surface area contributed by atoms with Gasteiger partial charge in [0, 0.05) is 23.4 Å². The Hall–Kier alpha value is -2.29. The number of nitrogens with zero attached hydrogens (tertiary/aromatic N) is 2. The minimum absolute atomic E-state index is 0.280. The molecule has 0 aliphatic rings. The van der Waals surface area contributed by atoms with Crippen LogP contribution in [-0.4, -0.2) is 29.6 Å². The Kier molecular flexibility index (Phi) is 5.75. The summed E-state index contributed by atoms with van der Waals surface area (Å²) in [5.74, 6) is 0.495. The summed E-state index contributed by atoms with van der Waals surface area (Å²) in [7, 11) is 1.60. The molecule has 0 unspecified atom stereocenters. The number of rotatable bonds is 7. The number of carbonyl (C=O) groups is 1. The molecule has 0 fully saturated rings. The lowest BCUT2D eigenvalue weighted by atomic mass is 10.1. The lowest BCUT2D eigenvalue weighted by Gasteiger charge is -2.07. The molecule has 1 aromatic carbocycles. The van der Waals surface area contributed by atoms with E-state index in [-0.39, 0.29) is 5.91 Å². The number of nitrogens with one attached hydrogen (secondary N) is 1. The van der Waals surface area contributed by atoms with Crippen LogP contribution in [0.5, 0.6) is 5.75 Å². The molecule has 2 aromatic heterocycles. The average molecular weight is 375 g/mol. The second kappa shape index (κ2) is 8.19. The first-order valence-corrected chi connectivity index (χ1v) is 9.39. The third kappa shape index (κ3) is 4.22. The van der Waals surface area contributed by atoms with Crippen molar-refractivity contribution in [1.82, 2.24) is 9.97 Å². The summed E-state index contributed by atoms with van der Waals surface area (Å²) in [4.78, 5) is 21.0. The molecular weight excluding hydrogens is 358 g/mol. The predicted molar refractivity (Wildman–Crippen MR) is 99.5 cm³/mol. The van der Waals surface area contributed by atoms with Gasteiger partial charge in [0.15, 0.2) is 5.13 Å². The molecule has 6 nitrogen and oxygen atoms in total. The smallest absolute Gasteiger partial charge is 0.276 e. The fourth-order valence-electron chi connectivity index (χ4n) is 2.18. The number of hydrogen-bond donors (Lipinski definition) is 1. The monoisotopic (exact) mass is 375 g/mol. The van der Waals surface area contributed by atoms with Gasteiger partial charge in [-0.1, -0.05) is 12.1 Å². The molecule has 8 heteroatoms. The van der Waals surface area contributed by atoms with Gasteiger partial charge < -0.3 is 9.47 Å². The molecule has 0 atom stereocenters. The summed E-state index contributed by atoms with van der Waals surface area (Å²) in [6.07, 6.45) is 0. The van der Waals surface area contributed by atoms with E-state index in [9.17, 15) is 4.79 Å². The Bertz CT molecular complexity index is 860. The molecule has 3 aromatic rings. The Morgan fingerprint density at radius 1 is 1.20 bits per heavy atom. The van der Waals surface area contributed by atoms with Crippen molar-refractivity contribution >= 4 is 33.7 Å². The lowest BCUT2D eigenvalue weighted by Crippen LogP contribution is -2.12. The Morgan fingerprint density at radius 3 is 2.84 bits per heavy atom. The zero-order valence-electron chi connectivity index (χ0n) is 13.8. The van der Waals surface area contributed by atoms with Crippen molar-refractivity contribution in [1.29, 1.82) is 0 Å². The first-order chi connectivity index (χ1) is 12.2. The van der Waals surface area contributed by atoms with E-state index in [0.717, 1.165) is 22.0 Å². The van der Waals surface area contributed by atoms with Gasteiger partial charge in [-0.25, -0.2) is 9.97 Å². The SMILES string of the molecule is CCOc1ccccc1-c1csc(NC(=O)c2csc(COC)n2)n1. The second-order valence-corrected chi connectivity index (χ2v) is 6.78. The maximum atomic E-state index is 12.3. The van der Waals surface area contributed by atoms with Crippen molar-refractivity contribution in [2.45, 2.75) is 13.5 Å². The number of anilines is 1. The van der Waals surface area contributed by atoms with Crippen LogP contribution in [0.2, 0.25) is 0 Å². The average Bonchev–Trinajstić information content (AvgIpc) is 3.26. The maximum Gasteiger partial charge on any atom is 0.276 e. The number of ether oxygens (including phenoxy) is 2. The van der Waals surface area contributed by atoms with E-state index in [4.69, 9.17) is 9.47 Å². The second-order valence-electron chi connectivity index (χ2n) is 4.98. The van der Waals surface area contributed by atoms with Crippen molar-refractivity contribution in [2.24, 2.45) is 0 Å². The van der Waals surface area contributed by atoms with Crippen molar-refractivity contribution < 1.29 is 14.3 Å². The lowest BCUT2D eigenvalue weighted by molar-refractivity contribution is 0.102. The van der Waals surface area contributed by atoms with Crippen LogP contribution >= 0.6 is 22.7 Å². The molecule has 0 aliphatic carbocycles. The fraction of sp³-hybridized carbons (Fsp3) is 0.235. The Balaban J connectivity index is 1.74. The van der Waals surface area contributed by atoms with Crippen LogP contribution in [0.15, 0.2) is 35.0 Å². The zero-order chi connectivity index (χ0) is 17.6. The topological polar surface area (TPSA) is 73.3 Å². The van der Waals surface area contributed by atoms with Gasteiger partial charge in [0.05, 0.1) is 18.9 Å². The highest BCUT2D eigenvalue weighted by Gasteiger charge is 2.14. The number of methoxy groups -OCH3 is 1. The minimum atomic E-state index is -0.280. The van der Waals surface area contributed by atoms with Gasteiger partial charge in [-0.15, -0.1) is 22.7 Å². The first-order valence-electron chi connectivity index (χ1n) is 7.63. The number of aromatic nitrogens is 2. The number of hydrogen-bond acceptors (Lipinski definition) is 7. The third-order valence-electron chi connectivity index (χ3n) is 3.24. The molecule has 2 heterocycles. The van der Waals surface area contributed by atoms with Crippen LogP contribution in [0.4, 0.5) is 5.13 Å².